The summed E-state index contributed by atoms with van der Waals surface area (Å²) < 4.78 is 4.79. The van der Waals surface area contributed by atoms with Crippen LogP contribution >= 0.6 is 0 Å². The summed E-state index contributed by atoms with van der Waals surface area (Å²) in [5.74, 6) is -1.82. The van der Waals surface area contributed by atoms with Gasteiger partial charge in [-0.3, -0.25) is 14.4 Å². The molecule has 88 valence electrons. The first-order valence-electron chi connectivity index (χ1n) is 5.15. The lowest BCUT2D eigenvalue weighted by molar-refractivity contribution is -0.144. The minimum atomic E-state index is -1.39. The number of rotatable bonds is 2. The van der Waals surface area contributed by atoms with Gasteiger partial charge in [0.25, 0.3) is 0 Å². The van der Waals surface area contributed by atoms with Crippen molar-refractivity contribution in [3.63, 3.8) is 0 Å². The van der Waals surface area contributed by atoms with Crippen LogP contribution in [0, 0.1) is 0 Å². The second-order valence-electron chi connectivity index (χ2n) is 3.68. The number of phenols is 1. The Bertz CT molecular complexity index is 518. The maximum Gasteiger partial charge on any atom is 0.306 e. The third-order valence-corrected chi connectivity index (χ3v) is 2.55. The van der Waals surface area contributed by atoms with Crippen molar-refractivity contribution in [1.82, 2.24) is 0 Å². The van der Waals surface area contributed by atoms with Gasteiger partial charge in [0.05, 0.1) is 0 Å². The molecule has 1 aliphatic rings. The van der Waals surface area contributed by atoms with Gasteiger partial charge in [-0.25, -0.2) is 0 Å². The molecule has 0 amide bonds. The first-order valence-corrected chi connectivity index (χ1v) is 5.15. The Kier molecular flexibility index (Phi) is 2.67. The minimum Gasteiger partial charge on any atom is -0.508 e. The normalized spacial score (nSPS) is 18.1. The Hall–Kier alpha value is -2.17. The summed E-state index contributed by atoms with van der Waals surface area (Å²) in [7, 11) is 0. The highest BCUT2D eigenvalue weighted by atomic mass is 16.5. The molecule has 5 heteroatoms. The first-order chi connectivity index (χ1) is 8.04. The molecule has 0 spiro atoms. The van der Waals surface area contributed by atoms with Crippen molar-refractivity contribution >= 4 is 17.5 Å². The van der Waals surface area contributed by atoms with Crippen LogP contribution in [-0.4, -0.2) is 28.7 Å². The Morgan fingerprint density at radius 1 is 1.29 bits per heavy atom. The number of phenolic OH excluding ortho intramolecular Hbond substituents is 1. The monoisotopic (exact) mass is 234 g/mol. The van der Waals surface area contributed by atoms with Crippen LogP contribution in [0.5, 0.6) is 5.75 Å². The number of hydrogen-bond acceptors (Lipinski definition) is 5. The van der Waals surface area contributed by atoms with Gasteiger partial charge in [0, 0.05) is 17.5 Å². The van der Waals surface area contributed by atoms with E-state index in [1.807, 2.05) is 0 Å². The summed E-state index contributed by atoms with van der Waals surface area (Å²) in [6.45, 7) is 1.57. The number of fused-ring (bicyclic) bond motifs is 1. The molecule has 17 heavy (non-hydrogen) atoms. The minimum absolute atomic E-state index is 0.0959. The maximum atomic E-state index is 11.8. The van der Waals surface area contributed by atoms with Gasteiger partial charge in [0.15, 0.2) is 0 Å². The predicted octanol–water partition coefficient (Wildman–Crippen LogP) is 1.09. The standard InChI is InChI=1S/C12H10O5/c1-2-9(14)17-12-10(15)7-4-3-6(13)5-8(7)11(12)16/h3-5,12-13H,2H2,1H3. The van der Waals surface area contributed by atoms with Gasteiger partial charge in [0.2, 0.25) is 17.7 Å². The highest BCUT2D eigenvalue weighted by molar-refractivity contribution is 6.29. The molecule has 1 atom stereocenters. The second kappa shape index (κ2) is 4.01. The third-order valence-electron chi connectivity index (χ3n) is 2.55. The van der Waals surface area contributed by atoms with E-state index in [0.29, 0.717) is 0 Å². The number of ketones is 2. The molecule has 0 saturated heterocycles. The molecule has 1 unspecified atom stereocenters. The fourth-order valence-corrected chi connectivity index (χ4v) is 1.67. The molecule has 0 aromatic heterocycles. The first kappa shape index (κ1) is 11.3. The molecule has 0 heterocycles. The molecular formula is C12H10O5. The second-order valence-corrected chi connectivity index (χ2v) is 3.68. The Morgan fingerprint density at radius 2 is 1.94 bits per heavy atom. The van der Waals surface area contributed by atoms with Crippen molar-refractivity contribution in [2.75, 3.05) is 0 Å². The zero-order valence-corrected chi connectivity index (χ0v) is 9.10. The van der Waals surface area contributed by atoms with E-state index in [-0.39, 0.29) is 23.3 Å². The molecule has 0 fully saturated rings. The SMILES string of the molecule is CCC(=O)OC1C(=O)c2ccc(O)cc2C1=O. The number of Topliss-reactive ketones (excluding diaryl/α,β-unsaturated/α-hetero) is 2. The van der Waals surface area contributed by atoms with Gasteiger partial charge in [0.1, 0.15) is 5.75 Å². The molecule has 1 aromatic rings. The van der Waals surface area contributed by atoms with Crippen LogP contribution < -0.4 is 0 Å². The van der Waals surface area contributed by atoms with Gasteiger partial charge in [-0.15, -0.1) is 0 Å². The quantitative estimate of drug-likeness (QED) is 0.612. The lowest BCUT2D eigenvalue weighted by Gasteiger charge is -2.07. The summed E-state index contributed by atoms with van der Waals surface area (Å²) >= 11 is 0. The molecule has 1 aromatic carbocycles. The predicted molar refractivity (Wildman–Crippen MR) is 56.9 cm³/mol. The highest BCUT2D eigenvalue weighted by Crippen LogP contribution is 2.27. The fourth-order valence-electron chi connectivity index (χ4n) is 1.67. The van der Waals surface area contributed by atoms with E-state index in [9.17, 15) is 19.5 Å². The number of aromatic hydroxyl groups is 1. The van der Waals surface area contributed by atoms with Gasteiger partial charge in [-0.2, -0.15) is 0 Å². The lowest BCUT2D eigenvalue weighted by atomic mass is 10.1. The fraction of sp³-hybridized carbons (Fsp3) is 0.250. The number of hydrogen-bond donors (Lipinski definition) is 1. The van der Waals surface area contributed by atoms with E-state index in [1.54, 1.807) is 6.92 Å². The highest BCUT2D eigenvalue weighted by Gasteiger charge is 2.41. The van der Waals surface area contributed by atoms with E-state index < -0.39 is 23.6 Å². The van der Waals surface area contributed by atoms with Crippen molar-refractivity contribution in [3.05, 3.63) is 29.3 Å². The van der Waals surface area contributed by atoms with Gasteiger partial charge in [-0.05, 0) is 18.2 Å². The summed E-state index contributed by atoms with van der Waals surface area (Å²) in [5.41, 5.74) is 0.283. The van der Waals surface area contributed by atoms with E-state index in [4.69, 9.17) is 4.74 Å². The third kappa shape index (κ3) is 1.80. The number of carbonyl (C=O) groups excluding carboxylic acids is 3. The van der Waals surface area contributed by atoms with Crippen molar-refractivity contribution < 1.29 is 24.2 Å². The summed E-state index contributed by atoms with van der Waals surface area (Å²) in [6, 6.07) is 3.87. The van der Waals surface area contributed by atoms with Crippen LogP contribution in [0.3, 0.4) is 0 Å². The molecule has 0 saturated carbocycles. The maximum absolute atomic E-state index is 11.8. The van der Waals surface area contributed by atoms with Crippen molar-refractivity contribution in [3.8, 4) is 5.75 Å². The molecule has 1 aliphatic carbocycles. The van der Waals surface area contributed by atoms with Crippen molar-refractivity contribution in [1.29, 1.82) is 0 Å². The van der Waals surface area contributed by atoms with E-state index >= 15 is 0 Å². The molecular weight excluding hydrogens is 224 g/mol. The molecule has 5 nitrogen and oxygen atoms in total. The average Bonchev–Trinajstić information content (AvgIpc) is 2.54. The number of esters is 1. The van der Waals surface area contributed by atoms with E-state index in [2.05, 4.69) is 0 Å². The van der Waals surface area contributed by atoms with E-state index in [0.717, 1.165) is 0 Å². The Balaban J connectivity index is 2.35. The molecule has 2 rings (SSSR count). The van der Waals surface area contributed by atoms with Crippen LogP contribution in [0.2, 0.25) is 0 Å². The molecule has 0 bridgehead atoms. The largest absolute Gasteiger partial charge is 0.508 e. The summed E-state index contributed by atoms with van der Waals surface area (Å²) in [4.78, 5) is 34.7. The van der Waals surface area contributed by atoms with Gasteiger partial charge >= 0.3 is 5.97 Å². The van der Waals surface area contributed by atoms with Crippen molar-refractivity contribution in [2.45, 2.75) is 19.4 Å². The van der Waals surface area contributed by atoms with Crippen LogP contribution in [0.4, 0.5) is 0 Å². The Morgan fingerprint density at radius 3 is 2.59 bits per heavy atom. The van der Waals surface area contributed by atoms with Crippen molar-refractivity contribution in [2.24, 2.45) is 0 Å². The summed E-state index contributed by atoms with van der Waals surface area (Å²) in [5, 5.41) is 9.24. The van der Waals surface area contributed by atoms with Crippen LogP contribution in [0.1, 0.15) is 34.1 Å². The van der Waals surface area contributed by atoms with Crippen LogP contribution in [0.15, 0.2) is 18.2 Å². The lowest BCUT2D eigenvalue weighted by Crippen LogP contribution is -2.28. The topological polar surface area (TPSA) is 80.7 Å². The van der Waals surface area contributed by atoms with Gasteiger partial charge < -0.3 is 9.84 Å². The zero-order valence-electron chi connectivity index (χ0n) is 9.10. The average molecular weight is 234 g/mol. The summed E-state index contributed by atoms with van der Waals surface area (Å²) in [6.07, 6.45) is -1.29. The van der Waals surface area contributed by atoms with Gasteiger partial charge in [-0.1, -0.05) is 6.92 Å². The van der Waals surface area contributed by atoms with E-state index in [1.165, 1.54) is 18.2 Å². The number of benzene rings is 1. The van der Waals surface area contributed by atoms with Crippen LogP contribution in [-0.2, 0) is 9.53 Å². The zero-order chi connectivity index (χ0) is 12.6. The smallest absolute Gasteiger partial charge is 0.306 e. The number of carbonyl (C=O) groups is 3. The molecule has 0 radical (unpaired) electrons. The van der Waals surface area contributed by atoms with Crippen LogP contribution in [0.25, 0.3) is 0 Å². The molecule has 1 N–H and O–H groups in total. The number of ether oxygens (including phenoxy) is 1. The Labute approximate surface area is 97.0 Å². The molecule has 0 aliphatic heterocycles.